The normalized spacial score (nSPS) is 10.9. The minimum absolute atomic E-state index is 0.0388. The van der Waals surface area contributed by atoms with Crippen molar-refractivity contribution in [3.8, 4) is 5.69 Å². The van der Waals surface area contributed by atoms with Gasteiger partial charge in [-0.2, -0.15) is 0 Å². The van der Waals surface area contributed by atoms with Crippen molar-refractivity contribution in [3.05, 3.63) is 109 Å². The number of aryl methyl sites for hydroxylation is 2. The van der Waals surface area contributed by atoms with Crippen LogP contribution in [0.4, 0.5) is 5.69 Å². The van der Waals surface area contributed by atoms with Crippen LogP contribution < -0.4 is 5.32 Å². The monoisotopic (exact) mass is 541 g/mol. The Morgan fingerprint density at radius 2 is 1.83 bits per heavy atom. The number of halogens is 2. The largest absolute Gasteiger partial charge is 0.345 e. The van der Waals surface area contributed by atoms with E-state index in [0.717, 1.165) is 17.3 Å². The van der Waals surface area contributed by atoms with Gasteiger partial charge in [-0.15, -0.1) is 10.2 Å². The average Bonchev–Trinajstić information content (AvgIpc) is 3.26. The molecule has 0 unspecified atom stereocenters. The van der Waals surface area contributed by atoms with Crippen LogP contribution in [0.25, 0.3) is 5.69 Å². The molecule has 0 aliphatic carbocycles. The van der Waals surface area contributed by atoms with Crippen molar-refractivity contribution >= 4 is 46.6 Å². The van der Waals surface area contributed by atoms with Crippen LogP contribution in [0.5, 0.6) is 0 Å². The molecule has 0 fully saturated rings. The number of hydrogen-bond acceptors (Lipinski definition) is 6. The molecule has 11 heteroatoms. The highest BCUT2D eigenvalue weighted by atomic mass is 35.5. The number of nitro groups is 1. The fourth-order valence-corrected chi connectivity index (χ4v) is 4.94. The lowest BCUT2D eigenvalue weighted by molar-refractivity contribution is -0.384. The van der Waals surface area contributed by atoms with Crippen molar-refractivity contribution in [1.82, 2.24) is 20.1 Å². The first-order valence-electron chi connectivity index (χ1n) is 10.8. The molecule has 0 aliphatic heterocycles. The Labute approximate surface area is 221 Å². The molecule has 0 atom stereocenters. The summed E-state index contributed by atoms with van der Waals surface area (Å²) in [6.07, 6.45) is 0. The fraction of sp³-hybridized carbons (Fsp3) is 0.160. The first-order chi connectivity index (χ1) is 17.2. The number of carbonyl (C=O) groups excluding carboxylic acids is 1. The van der Waals surface area contributed by atoms with E-state index in [1.807, 2.05) is 35.8 Å². The molecule has 0 aliphatic rings. The second-order valence-electron chi connectivity index (χ2n) is 7.99. The molecule has 8 nitrogen and oxygen atoms in total. The summed E-state index contributed by atoms with van der Waals surface area (Å²) < 4.78 is 1.87. The zero-order chi connectivity index (χ0) is 25.8. The van der Waals surface area contributed by atoms with Crippen LogP contribution in [0.15, 0.2) is 65.8 Å². The maximum absolute atomic E-state index is 12.8. The summed E-state index contributed by atoms with van der Waals surface area (Å²) in [7, 11) is 0. The highest BCUT2D eigenvalue weighted by Gasteiger charge is 2.20. The number of hydrogen-bond donors (Lipinski definition) is 1. The average molecular weight is 542 g/mol. The van der Waals surface area contributed by atoms with Gasteiger partial charge in [-0.3, -0.25) is 19.5 Å². The fourth-order valence-electron chi connectivity index (χ4n) is 3.54. The summed E-state index contributed by atoms with van der Waals surface area (Å²) in [6, 6.07) is 17.6. The Kier molecular flexibility index (Phi) is 7.93. The summed E-state index contributed by atoms with van der Waals surface area (Å²) in [4.78, 5) is 23.3. The van der Waals surface area contributed by atoms with Crippen molar-refractivity contribution in [2.24, 2.45) is 0 Å². The summed E-state index contributed by atoms with van der Waals surface area (Å²) in [5.74, 6) is 0.677. The topological polar surface area (TPSA) is 103 Å². The van der Waals surface area contributed by atoms with Gasteiger partial charge in [-0.05, 0) is 54.8 Å². The molecule has 1 heterocycles. The van der Waals surface area contributed by atoms with E-state index in [4.69, 9.17) is 23.2 Å². The number of rotatable bonds is 8. The molecule has 3 aromatic carbocycles. The third kappa shape index (κ3) is 5.70. The molecule has 1 N–H and O–H groups in total. The third-order valence-corrected chi connectivity index (χ3v) is 7.08. The molecule has 0 radical (unpaired) electrons. The molecule has 4 rings (SSSR count). The third-order valence-electron chi connectivity index (χ3n) is 5.54. The van der Waals surface area contributed by atoms with Crippen molar-refractivity contribution in [2.75, 3.05) is 0 Å². The van der Waals surface area contributed by atoms with Crippen LogP contribution in [0.1, 0.15) is 32.9 Å². The van der Waals surface area contributed by atoms with Crippen LogP contribution in [0, 0.1) is 24.0 Å². The van der Waals surface area contributed by atoms with Gasteiger partial charge in [-0.25, -0.2) is 0 Å². The molecule has 1 aromatic heterocycles. The van der Waals surface area contributed by atoms with Gasteiger partial charge >= 0.3 is 0 Å². The summed E-state index contributed by atoms with van der Waals surface area (Å²) >= 11 is 13.7. The predicted octanol–water partition coefficient (Wildman–Crippen LogP) is 6.32. The molecule has 1 amide bonds. The first kappa shape index (κ1) is 25.7. The van der Waals surface area contributed by atoms with Gasteiger partial charge in [0.05, 0.1) is 17.2 Å². The molecule has 184 valence electrons. The van der Waals surface area contributed by atoms with Gasteiger partial charge in [-0.1, -0.05) is 65.3 Å². The molecular weight excluding hydrogens is 521 g/mol. The predicted molar refractivity (Wildman–Crippen MR) is 141 cm³/mol. The zero-order valence-electron chi connectivity index (χ0n) is 19.4. The number of nitro benzene ring substituents is 1. The van der Waals surface area contributed by atoms with Gasteiger partial charge in [0.15, 0.2) is 11.0 Å². The number of benzene rings is 3. The number of amides is 1. The highest BCUT2D eigenvalue weighted by molar-refractivity contribution is 7.98. The van der Waals surface area contributed by atoms with Gasteiger partial charge in [0.2, 0.25) is 0 Å². The quantitative estimate of drug-likeness (QED) is 0.159. The van der Waals surface area contributed by atoms with E-state index in [2.05, 4.69) is 34.6 Å². The maximum atomic E-state index is 12.8. The van der Waals surface area contributed by atoms with Crippen molar-refractivity contribution in [2.45, 2.75) is 31.3 Å². The number of carbonyl (C=O) groups is 1. The van der Waals surface area contributed by atoms with E-state index >= 15 is 0 Å². The summed E-state index contributed by atoms with van der Waals surface area (Å²) in [6.45, 7) is 4.06. The van der Waals surface area contributed by atoms with E-state index in [0.29, 0.717) is 21.8 Å². The number of aromatic nitrogens is 3. The van der Waals surface area contributed by atoms with Crippen molar-refractivity contribution < 1.29 is 9.72 Å². The van der Waals surface area contributed by atoms with Gasteiger partial charge in [0.25, 0.3) is 11.6 Å². The Hall–Kier alpha value is -3.40. The lowest BCUT2D eigenvalue weighted by Gasteiger charge is -2.14. The van der Waals surface area contributed by atoms with Gasteiger partial charge in [0.1, 0.15) is 5.02 Å². The lowest BCUT2D eigenvalue weighted by Crippen LogP contribution is -2.25. The van der Waals surface area contributed by atoms with Crippen LogP contribution in [-0.4, -0.2) is 25.6 Å². The Morgan fingerprint density at radius 1 is 1.06 bits per heavy atom. The van der Waals surface area contributed by atoms with Gasteiger partial charge in [0, 0.05) is 22.4 Å². The minimum Gasteiger partial charge on any atom is -0.345 e. The molecule has 0 saturated heterocycles. The lowest BCUT2D eigenvalue weighted by atomic mass is 10.1. The van der Waals surface area contributed by atoms with E-state index in [1.165, 1.54) is 35.0 Å². The summed E-state index contributed by atoms with van der Waals surface area (Å²) in [5, 5.41) is 23.8. The molecule has 0 saturated carbocycles. The standard InChI is InChI=1S/C25H21Cl2N5O3S/c1-15-5-3-4-6-18(15)14-36-25-30-29-23(31(25)21-12-19(26)9-7-16(21)2)13-28-24(33)17-8-10-20(27)22(11-17)32(34)35/h3-12H,13-14H2,1-2H3,(H,28,33). The second kappa shape index (κ2) is 11.1. The van der Waals surface area contributed by atoms with Crippen molar-refractivity contribution in [1.29, 1.82) is 0 Å². The van der Waals surface area contributed by atoms with Crippen LogP contribution in [0.3, 0.4) is 0 Å². The first-order valence-corrected chi connectivity index (χ1v) is 12.6. The Bertz CT molecular complexity index is 1460. The van der Waals surface area contributed by atoms with Crippen LogP contribution in [-0.2, 0) is 12.3 Å². The zero-order valence-corrected chi connectivity index (χ0v) is 21.7. The molecule has 36 heavy (non-hydrogen) atoms. The Morgan fingerprint density at radius 3 is 2.58 bits per heavy atom. The van der Waals surface area contributed by atoms with E-state index in [9.17, 15) is 14.9 Å². The number of nitrogens with one attached hydrogen (secondary N) is 1. The SMILES string of the molecule is Cc1ccccc1CSc1nnc(CNC(=O)c2ccc(Cl)c([N+](=O)[O-])c2)n1-c1cc(Cl)ccc1C. The maximum Gasteiger partial charge on any atom is 0.288 e. The van der Waals surface area contributed by atoms with E-state index in [1.54, 1.807) is 6.07 Å². The van der Waals surface area contributed by atoms with Gasteiger partial charge < -0.3 is 5.32 Å². The van der Waals surface area contributed by atoms with E-state index in [-0.39, 0.29) is 22.8 Å². The number of nitrogens with zero attached hydrogens (tertiary/aromatic N) is 4. The molecular formula is C25H21Cl2N5O3S. The summed E-state index contributed by atoms with van der Waals surface area (Å²) in [5.41, 5.74) is 3.89. The second-order valence-corrected chi connectivity index (χ2v) is 9.77. The number of thioether (sulfide) groups is 1. The van der Waals surface area contributed by atoms with Crippen molar-refractivity contribution in [3.63, 3.8) is 0 Å². The minimum atomic E-state index is -0.629. The smallest absolute Gasteiger partial charge is 0.288 e. The Balaban J connectivity index is 1.62. The van der Waals surface area contributed by atoms with Crippen LogP contribution in [0.2, 0.25) is 10.0 Å². The van der Waals surface area contributed by atoms with Crippen LogP contribution >= 0.6 is 35.0 Å². The van der Waals surface area contributed by atoms with E-state index < -0.39 is 10.8 Å². The molecule has 4 aromatic rings. The highest BCUT2D eigenvalue weighted by Crippen LogP contribution is 2.29. The molecule has 0 spiro atoms. The molecule has 0 bridgehead atoms.